The summed E-state index contributed by atoms with van der Waals surface area (Å²) in [6, 6.07) is 22.0. The molecule has 0 bridgehead atoms. The molecule has 5 rings (SSSR count). The van der Waals surface area contributed by atoms with Crippen LogP contribution in [0.2, 0.25) is 0 Å². The van der Waals surface area contributed by atoms with Crippen molar-refractivity contribution in [3.63, 3.8) is 0 Å². The number of para-hydroxylation sites is 1. The molecule has 1 saturated heterocycles. The SMILES string of the molecule is CCOC(=O)c1c(CN2CCN(c3ccccc3)CC2)n(C)c2ccc(OC)c(S(=O)(=O)c3ccccc3)c12. The van der Waals surface area contributed by atoms with Crippen molar-refractivity contribution in [1.82, 2.24) is 9.47 Å². The molecule has 1 fully saturated rings. The van der Waals surface area contributed by atoms with Crippen molar-refractivity contribution in [3.8, 4) is 5.75 Å². The number of anilines is 1. The van der Waals surface area contributed by atoms with E-state index in [1.807, 2.05) is 29.8 Å². The lowest BCUT2D eigenvalue weighted by molar-refractivity contribution is 0.0525. The van der Waals surface area contributed by atoms with Crippen molar-refractivity contribution < 1.29 is 22.7 Å². The molecule has 0 amide bonds. The second-order valence-corrected chi connectivity index (χ2v) is 11.4. The predicted molar refractivity (Wildman–Crippen MR) is 151 cm³/mol. The maximum absolute atomic E-state index is 14.0. The highest BCUT2D eigenvalue weighted by molar-refractivity contribution is 7.91. The van der Waals surface area contributed by atoms with Gasteiger partial charge in [-0.2, -0.15) is 0 Å². The number of carbonyl (C=O) groups is 1. The summed E-state index contributed by atoms with van der Waals surface area (Å²) in [6.45, 7) is 5.71. The third kappa shape index (κ3) is 4.99. The molecule has 4 aromatic rings. The second-order valence-electron chi connectivity index (χ2n) is 9.51. The molecule has 0 saturated carbocycles. The number of esters is 1. The second kappa shape index (κ2) is 11.1. The Kier molecular flexibility index (Phi) is 7.63. The Bertz CT molecular complexity index is 1580. The fourth-order valence-electron chi connectivity index (χ4n) is 5.30. The molecule has 0 aliphatic carbocycles. The summed E-state index contributed by atoms with van der Waals surface area (Å²) in [4.78, 5) is 18.2. The molecule has 0 N–H and O–H groups in total. The van der Waals surface area contributed by atoms with Gasteiger partial charge in [0.1, 0.15) is 10.6 Å². The number of aromatic nitrogens is 1. The molecule has 3 aromatic carbocycles. The Morgan fingerprint density at radius 3 is 2.15 bits per heavy atom. The van der Waals surface area contributed by atoms with E-state index in [2.05, 4.69) is 21.9 Å². The minimum atomic E-state index is -4.02. The molecule has 0 radical (unpaired) electrons. The van der Waals surface area contributed by atoms with Crippen LogP contribution in [-0.4, -0.2) is 63.7 Å². The molecule has 204 valence electrons. The summed E-state index contributed by atoms with van der Waals surface area (Å²) in [6.07, 6.45) is 0. The summed E-state index contributed by atoms with van der Waals surface area (Å²) in [5.74, 6) is -0.357. The van der Waals surface area contributed by atoms with E-state index in [-0.39, 0.29) is 27.7 Å². The maximum atomic E-state index is 14.0. The summed E-state index contributed by atoms with van der Waals surface area (Å²) in [5.41, 5.74) is 2.81. The van der Waals surface area contributed by atoms with Gasteiger partial charge in [0, 0.05) is 56.5 Å². The van der Waals surface area contributed by atoms with Crippen LogP contribution in [0.5, 0.6) is 5.75 Å². The zero-order valence-electron chi connectivity index (χ0n) is 22.5. The van der Waals surface area contributed by atoms with Crippen LogP contribution in [0.15, 0.2) is 82.6 Å². The van der Waals surface area contributed by atoms with Gasteiger partial charge in [-0.05, 0) is 43.3 Å². The Morgan fingerprint density at radius 1 is 0.897 bits per heavy atom. The Labute approximate surface area is 229 Å². The molecule has 0 atom stereocenters. The number of sulfone groups is 1. The maximum Gasteiger partial charge on any atom is 0.340 e. The minimum absolute atomic E-state index is 0.0208. The van der Waals surface area contributed by atoms with Crippen molar-refractivity contribution in [1.29, 1.82) is 0 Å². The number of fused-ring (bicyclic) bond motifs is 1. The summed E-state index contributed by atoms with van der Waals surface area (Å²) in [7, 11) is -0.717. The summed E-state index contributed by atoms with van der Waals surface area (Å²) < 4.78 is 40.9. The Hall–Kier alpha value is -3.82. The topological polar surface area (TPSA) is 81.1 Å². The van der Waals surface area contributed by atoms with Crippen LogP contribution in [0.1, 0.15) is 23.0 Å². The molecule has 0 unspecified atom stereocenters. The highest BCUT2D eigenvalue weighted by Gasteiger charge is 2.33. The number of aryl methyl sites for hydroxylation is 1. The van der Waals surface area contributed by atoms with Gasteiger partial charge >= 0.3 is 5.97 Å². The quantitative estimate of drug-likeness (QED) is 0.300. The van der Waals surface area contributed by atoms with Gasteiger partial charge in [0.25, 0.3) is 0 Å². The number of rotatable bonds is 8. The zero-order chi connectivity index (χ0) is 27.6. The van der Waals surface area contributed by atoms with Crippen LogP contribution in [0.4, 0.5) is 5.69 Å². The zero-order valence-corrected chi connectivity index (χ0v) is 23.3. The Balaban J connectivity index is 1.61. The third-order valence-electron chi connectivity index (χ3n) is 7.29. The lowest BCUT2D eigenvalue weighted by Crippen LogP contribution is -2.46. The Morgan fingerprint density at radius 2 is 1.54 bits per heavy atom. The molecule has 1 aliphatic heterocycles. The first-order chi connectivity index (χ1) is 18.9. The van der Waals surface area contributed by atoms with E-state index in [1.54, 1.807) is 49.4 Å². The van der Waals surface area contributed by atoms with Crippen LogP contribution in [0.25, 0.3) is 10.9 Å². The normalized spacial score (nSPS) is 14.5. The summed E-state index contributed by atoms with van der Waals surface area (Å²) in [5, 5.41) is 0.331. The number of carbonyl (C=O) groups excluding carboxylic acids is 1. The molecule has 2 heterocycles. The average molecular weight is 548 g/mol. The van der Waals surface area contributed by atoms with Gasteiger partial charge < -0.3 is 18.9 Å². The van der Waals surface area contributed by atoms with Crippen molar-refractivity contribution in [2.45, 2.75) is 23.3 Å². The van der Waals surface area contributed by atoms with Gasteiger partial charge in [0.05, 0.1) is 29.7 Å². The lowest BCUT2D eigenvalue weighted by Gasteiger charge is -2.36. The van der Waals surface area contributed by atoms with Crippen molar-refractivity contribution in [2.24, 2.45) is 7.05 Å². The number of benzene rings is 3. The number of nitrogens with zero attached hydrogens (tertiary/aromatic N) is 3. The van der Waals surface area contributed by atoms with Crippen molar-refractivity contribution in [3.05, 3.63) is 84.1 Å². The van der Waals surface area contributed by atoms with E-state index in [0.29, 0.717) is 17.4 Å². The average Bonchev–Trinajstić information content (AvgIpc) is 3.24. The van der Waals surface area contributed by atoms with Crippen LogP contribution in [-0.2, 0) is 28.2 Å². The molecule has 0 spiro atoms. The van der Waals surface area contributed by atoms with E-state index in [9.17, 15) is 13.2 Å². The van der Waals surface area contributed by atoms with Crippen LogP contribution in [0, 0.1) is 0 Å². The van der Waals surface area contributed by atoms with E-state index in [1.165, 1.54) is 12.8 Å². The van der Waals surface area contributed by atoms with Gasteiger partial charge in [-0.3, -0.25) is 4.90 Å². The predicted octanol–water partition coefficient (Wildman–Crippen LogP) is 4.52. The fraction of sp³-hybridized carbons (Fsp3) is 0.300. The van der Waals surface area contributed by atoms with Gasteiger partial charge in [-0.1, -0.05) is 36.4 Å². The van der Waals surface area contributed by atoms with E-state index >= 15 is 0 Å². The van der Waals surface area contributed by atoms with E-state index in [4.69, 9.17) is 9.47 Å². The third-order valence-corrected chi connectivity index (χ3v) is 9.13. The van der Waals surface area contributed by atoms with Crippen LogP contribution >= 0.6 is 0 Å². The number of hydrogen-bond donors (Lipinski definition) is 0. The molecule has 8 nitrogen and oxygen atoms in total. The fourth-order valence-corrected chi connectivity index (χ4v) is 6.94. The van der Waals surface area contributed by atoms with Crippen LogP contribution < -0.4 is 9.64 Å². The molecule has 9 heteroatoms. The van der Waals surface area contributed by atoms with Crippen LogP contribution in [0.3, 0.4) is 0 Å². The number of piperazine rings is 1. The number of ether oxygens (including phenoxy) is 2. The number of methoxy groups -OCH3 is 1. The number of hydrogen-bond acceptors (Lipinski definition) is 7. The molecule has 39 heavy (non-hydrogen) atoms. The van der Waals surface area contributed by atoms with E-state index < -0.39 is 15.8 Å². The van der Waals surface area contributed by atoms with Crippen molar-refractivity contribution >= 4 is 32.4 Å². The molecule has 1 aliphatic rings. The molecular formula is C30H33N3O5S. The monoisotopic (exact) mass is 547 g/mol. The minimum Gasteiger partial charge on any atom is -0.495 e. The molecular weight excluding hydrogens is 514 g/mol. The highest BCUT2D eigenvalue weighted by Crippen LogP contribution is 2.40. The first-order valence-electron chi connectivity index (χ1n) is 13.0. The lowest BCUT2D eigenvalue weighted by atomic mass is 10.1. The first-order valence-corrected chi connectivity index (χ1v) is 14.5. The molecule has 1 aromatic heterocycles. The highest BCUT2D eigenvalue weighted by atomic mass is 32.2. The first kappa shape index (κ1) is 26.8. The van der Waals surface area contributed by atoms with Gasteiger partial charge in [0.2, 0.25) is 9.84 Å². The van der Waals surface area contributed by atoms with E-state index in [0.717, 1.165) is 31.9 Å². The van der Waals surface area contributed by atoms with Gasteiger partial charge in [-0.15, -0.1) is 0 Å². The standard InChI is InChI=1S/C30H33N3O5S/c1-4-38-30(34)28-25(21-32-17-19-33(20-18-32)22-11-7-5-8-12-22)31(2)24-15-16-26(37-3)29(27(24)28)39(35,36)23-13-9-6-10-14-23/h5-16H,4,17-21H2,1-3H3. The van der Waals surface area contributed by atoms with Gasteiger partial charge in [-0.25, -0.2) is 13.2 Å². The summed E-state index contributed by atoms with van der Waals surface area (Å²) >= 11 is 0. The largest absolute Gasteiger partial charge is 0.495 e. The van der Waals surface area contributed by atoms with Crippen molar-refractivity contribution in [2.75, 3.05) is 44.8 Å². The van der Waals surface area contributed by atoms with Gasteiger partial charge in [0.15, 0.2) is 0 Å². The smallest absolute Gasteiger partial charge is 0.340 e.